The Hall–Kier alpha value is -4.62. The summed E-state index contributed by atoms with van der Waals surface area (Å²) in [6.07, 6.45) is 0. The molecule has 0 aliphatic heterocycles. The van der Waals surface area contributed by atoms with Gasteiger partial charge in [0.1, 0.15) is 0 Å². The Labute approximate surface area is 210 Å². The van der Waals surface area contributed by atoms with Gasteiger partial charge in [0.25, 0.3) is 0 Å². The van der Waals surface area contributed by atoms with Crippen LogP contribution in [0.5, 0.6) is 0 Å². The lowest BCUT2D eigenvalue weighted by atomic mass is 9.96. The Bertz CT molecular complexity index is 1880. The van der Waals surface area contributed by atoms with Crippen LogP contribution in [0.1, 0.15) is 5.56 Å². The molecule has 0 spiro atoms. The first-order valence-corrected chi connectivity index (χ1v) is 12.5. The average Bonchev–Trinajstić information content (AvgIpc) is 3.29. The quantitative estimate of drug-likeness (QED) is 0.248. The van der Waals surface area contributed by atoms with Crippen molar-refractivity contribution in [3.8, 4) is 27.9 Å². The number of fused-ring (bicyclic) bond motifs is 4. The van der Waals surface area contributed by atoms with Gasteiger partial charge in [-0.3, -0.25) is 0 Å². The van der Waals surface area contributed by atoms with Gasteiger partial charge in [-0.15, -0.1) is 0 Å². The van der Waals surface area contributed by atoms with Crippen LogP contribution in [0.2, 0.25) is 0 Å². The molecule has 1 nitrogen and oxygen atoms in total. The summed E-state index contributed by atoms with van der Waals surface area (Å²) in [6, 6.07) is 48.3. The second kappa shape index (κ2) is 8.25. The summed E-state index contributed by atoms with van der Waals surface area (Å²) in [7, 11) is 0. The fourth-order valence-electron chi connectivity index (χ4n) is 5.72. The van der Waals surface area contributed by atoms with Crippen molar-refractivity contribution < 1.29 is 0 Å². The van der Waals surface area contributed by atoms with Gasteiger partial charge in [-0.1, -0.05) is 121 Å². The number of benzene rings is 6. The largest absolute Gasteiger partial charge is 0.308 e. The molecule has 0 aliphatic carbocycles. The fraction of sp³-hybridized carbons (Fsp3) is 0.0286. The predicted molar refractivity (Wildman–Crippen MR) is 154 cm³/mol. The van der Waals surface area contributed by atoms with Gasteiger partial charge in [0.2, 0.25) is 0 Å². The molecule has 7 rings (SSSR count). The molecule has 0 bridgehead atoms. The van der Waals surface area contributed by atoms with Crippen molar-refractivity contribution in [2.75, 3.05) is 0 Å². The van der Waals surface area contributed by atoms with Crippen molar-refractivity contribution in [2.45, 2.75) is 6.92 Å². The number of hydrogen-bond donors (Lipinski definition) is 0. The lowest BCUT2D eigenvalue weighted by Crippen LogP contribution is -1.97. The molecular weight excluding hydrogens is 434 g/mol. The zero-order valence-electron chi connectivity index (χ0n) is 20.1. The van der Waals surface area contributed by atoms with E-state index in [-0.39, 0.29) is 0 Å². The summed E-state index contributed by atoms with van der Waals surface area (Å²) in [5.41, 5.74) is 9.99. The van der Waals surface area contributed by atoms with Crippen LogP contribution in [0.3, 0.4) is 0 Å². The molecule has 0 atom stereocenters. The molecule has 0 unspecified atom stereocenters. The van der Waals surface area contributed by atoms with Crippen molar-refractivity contribution in [3.63, 3.8) is 0 Å². The van der Waals surface area contributed by atoms with Gasteiger partial charge >= 0.3 is 0 Å². The van der Waals surface area contributed by atoms with Crippen molar-refractivity contribution in [3.05, 3.63) is 139 Å². The highest BCUT2D eigenvalue weighted by Crippen LogP contribution is 2.43. The Balaban J connectivity index is 1.69. The van der Waals surface area contributed by atoms with Crippen molar-refractivity contribution in [1.29, 1.82) is 0 Å². The van der Waals surface area contributed by atoms with Crippen LogP contribution in [0, 0.1) is 6.92 Å². The van der Waals surface area contributed by atoms with Gasteiger partial charge in [-0.05, 0) is 46.5 Å². The molecule has 0 N–H and O–H groups in total. The highest BCUT2D eigenvalue weighted by atomic mass is 15.0. The number of para-hydroxylation sites is 3. The predicted octanol–water partition coefficient (Wildman–Crippen LogP) is 9.58. The Kier molecular flexibility index (Phi) is 4.75. The molecule has 1 heteroatoms. The van der Waals surface area contributed by atoms with Gasteiger partial charge in [0.05, 0.1) is 11.0 Å². The molecule has 170 valence electrons. The van der Waals surface area contributed by atoms with Gasteiger partial charge in [0, 0.05) is 27.6 Å². The normalized spacial score (nSPS) is 11.5. The van der Waals surface area contributed by atoms with Crippen LogP contribution in [0.4, 0.5) is 0 Å². The second-order valence-electron chi connectivity index (χ2n) is 9.42. The van der Waals surface area contributed by atoms with Crippen LogP contribution < -0.4 is 0 Å². The maximum Gasteiger partial charge on any atom is 0.0619 e. The molecule has 36 heavy (non-hydrogen) atoms. The van der Waals surface area contributed by atoms with E-state index < -0.39 is 0 Å². The highest BCUT2D eigenvalue weighted by Gasteiger charge is 2.20. The summed E-state index contributed by atoms with van der Waals surface area (Å²) in [4.78, 5) is 0. The van der Waals surface area contributed by atoms with Gasteiger partial charge in [-0.2, -0.15) is 0 Å². The lowest BCUT2D eigenvalue weighted by Gasteiger charge is -2.15. The fourth-order valence-corrected chi connectivity index (χ4v) is 5.72. The standard InChI is InChI=1S/C35H25N/c1-24-12-5-7-17-27(24)30-20-10-22-32-33-23-11-21-31(29-19-9-14-25-13-6-8-18-28(25)29)35(33)36(34(30)32)26-15-3-2-4-16-26/h2-23H,1H3. The van der Waals surface area contributed by atoms with Crippen LogP contribution in [0.15, 0.2) is 133 Å². The van der Waals surface area contributed by atoms with Crippen LogP contribution in [0.25, 0.3) is 60.5 Å². The SMILES string of the molecule is Cc1ccccc1-c1cccc2c3cccc(-c4cccc5ccccc45)c3n(-c3ccccc3)c12. The van der Waals surface area contributed by atoms with E-state index in [1.54, 1.807) is 0 Å². The first-order chi connectivity index (χ1) is 17.8. The van der Waals surface area contributed by atoms with Crippen LogP contribution in [-0.2, 0) is 0 Å². The smallest absolute Gasteiger partial charge is 0.0619 e. The molecule has 6 aromatic carbocycles. The first-order valence-electron chi connectivity index (χ1n) is 12.5. The summed E-state index contributed by atoms with van der Waals surface area (Å²) in [5, 5.41) is 5.08. The molecule has 0 amide bonds. The average molecular weight is 460 g/mol. The van der Waals surface area contributed by atoms with Crippen molar-refractivity contribution in [1.82, 2.24) is 4.57 Å². The lowest BCUT2D eigenvalue weighted by molar-refractivity contribution is 1.18. The number of nitrogens with zero attached hydrogens (tertiary/aromatic N) is 1. The van der Waals surface area contributed by atoms with Crippen molar-refractivity contribution >= 4 is 32.6 Å². The summed E-state index contributed by atoms with van der Waals surface area (Å²) in [6.45, 7) is 2.20. The molecule has 1 aromatic heterocycles. The number of aromatic nitrogens is 1. The Morgan fingerprint density at radius 3 is 1.64 bits per heavy atom. The van der Waals surface area contributed by atoms with Crippen LogP contribution >= 0.6 is 0 Å². The third kappa shape index (κ3) is 3.10. The maximum absolute atomic E-state index is 2.48. The number of hydrogen-bond acceptors (Lipinski definition) is 0. The molecule has 0 fully saturated rings. The molecule has 0 saturated carbocycles. The molecule has 0 aliphatic rings. The molecule has 0 saturated heterocycles. The van der Waals surface area contributed by atoms with E-state index in [9.17, 15) is 0 Å². The zero-order chi connectivity index (χ0) is 24.1. The topological polar surface area (TPSA) is 4.93 Å². The van der Waals surface area contributed by atoms with E-state index in [0.717, 1.165) is 0 Å². The minimum Gasteiger partial charge on any atom is -0.308 e. The van der Waals surface area contributed by atoms with E-state index >= 15 is 0 Å². The van der Waals surface area contributed by atoms with E-state index in [0.29, 0.717) is 0 Å². The number of rotatable bonds is 3. The zero-order valence-corrected chi connectivity index (χ0v) is 20.1. The summed E-state index contributed by atoms with van der Waals surface area (Å²) < 4.78 is 2.48. The van der Waals surface area contributed by atoms with E-state index in [1.165, 1.54) is 66.1 Å². The van der Waals surface area contributed by atoms with Gasteiger partial charge in [0.15, 0.2) is 0 Å². The molecule has 0 radical (unpaired) electrons. The molecular formula is C35H25N. The minimum atomic E-state index is 1.17. The Morgan fingerprint density at radius 2 is 0.889 bits per heavy atom. The maximum atomic E-state index is 2.48. The van der Waals surface area contributed by atoms with Crippen LogP contribution in [-0.4, -0.2) is 4.57 Å². The number of aryl methyl sites for hydroxylation is 1. The summed E-state index contributed by atoms with van der Waals surface area (Å²) >= 11 is 0. The molecule has 7 aromatic rings. The minimum absolute atomic E-state index is 1.17. The Morgan fingerprint density at radius 1 is 0.389 bits per heavy atom. The summed E-state index contributed by atoms with van der Waals surface area (Å²) in [5.74, 6) is 0. The highest BCUT2D eigenvalue weighted by molar-refractivity contribution is 6.18. The van der Waals surface area contributed by atoms with E-state index in [2.05, 4.69) is 145 Å². The van der Waals surface area contributed by atoms with Gasteiger partial charge < -0.3 is 4.57 Å². The third-order valence-corrected chi connectivity index (χ3v) is 7.34. The monoisotopic (exact) mass is 459 g/mol. The van der Waals surface area contributed by atoms with E-state index in [4.69, 9.17) is 0 Å². The van der Waals surface area contributed by atoms with Crippen molar-refractivity contribution in [2.24, 2.45) is 0 Å². The van der Waals surface area contributed by atoms with E-state index in [1.807, 2.05) is 0 Å². The second-order valence-corrected chi connectivity index (χ2v) is 9.42. The first kappa shape index (κ1) is 20.7. The molecule has 1 heterocycles. The third-order valence-electron chi connectivity index (χ3n) is 7.34. The van der Waals surface area contributed by atoms with Gasteiger partial charge in [-0.25, -0.2) is 0 Å².